The maximum absolute atomic E-state index is 13.0. The van der Waals surface area contributed by atoms with Gasteiger partial charge in [0.15, 0.2) is 0 Å². The highest BCUT2D eigenvalue weighted by Gasteiger charge is 2.25. The van der Waals surface area contributed by atoms with Crippen LogP contribution in [0.15, 0.2) is 24.3 Å². The molecule has 104 valence electrons. The maximum atomic E-state index is 13.0. The largest absolute Gasteiger partial charge is 0.329 e. The van der Waals surface area contributed by atoms with Crippen molar-refractivity contribution in [2.45, 2.75) is 25.3 Å². The monoisotopic (exact) mass is 265 g/mol. The van der Waals surface area contributed by atoms with Gasteiger partial charge in [-0.25, -0.2) is 4.39 Å². The van der Waals surface area contributed by atoms with E-state index in [4.69, 9.17) is 5.73 Å². The van der Waals surface area contributed by atoms with Gasteiger partial charge in [0.2, 0.25) is 5.91 Å². The molecule has 1 amide bonds. The molecule has 1 aliphatic carbocycles. The molecule has 0 aliphatic heterocycles. The number of carbonyl (C=O) groups is 1. The Bertz CT molecular complexity index is 434. The molecular formula is C14H20FN3O. The van der Waals surface area contributed by atoms with Crippen LogP contribution in [0.25, 0.3) is 0 Å². The first-order chi connectivity index (χ1) is 9.19. The van der Waals surface area contributed by atoms with Crippen molar-refractivity contribution in [2.24, 2.45) is 5.73 Å². The Labute approximate surface area is 112 Å². The quantitative estimate of drug-likeness (QED) is 0.821. The lowest BCUT2D eigenvalue weighted by Crippen LogP contribution is -2.46. The zero-order chi connectivity index (χ0) is 13.7. The first-order valence-electron chi connectivity index (χ1n) is 6.68. The highest BCUT2D eigenvalue weighted by atomic mass is 19.1. The summed E-state index contributed by atoms with van der Waals surface area (Å²) in [6.07, 6.45) is 3.48. The highest BCUT2D eigenvalue weighted by Crippen LogP contribution is 2.24. The third-order valence-corrected chi connectivity index (χ3v) is 3.46. The number of nitrogens with two attached hydrogens (primary N) is 1. The van der Waals surface area contributed by atoms with Crippen LogP contribution in [0, 0.1) is 5.82 Å². The lowest BCUT2D eigenvalue weighted by Gasteiger charge is -2.36. The van der Waals surface area contributed by atoms with E-state index in [2.05, 4.69) is 10.2 Å². The number of nitrogens with one attached hydrogen (secondary N) is 1. The average Bonchev–Trinajstić information content (AvgIpc) is 2.26. The lowest BCUT2D eigenvalue weighted by atomic mass is 9.91. The molecule has 0 saturated heterocycles. The number of nitrogens with zero attached hydrogens (tertiary/aromatic N) is 1. The summed E-state index contributed by atoms with van der Waals surface area (Å²) in [6, 6.07) is 6.40. The number of hydrogen-bond donors (Lipinski definition) is 2. The third-order valence-electron chi connectivity index (χ3n) is 3.46. The molecule has 0 heterocycles. The molecule has 0 aromatic heterocycles. The Kier molecular flexibility index (Phi) is 4.87. The predicted octanol–water partition coefficient (Wildman–Crippen LogP) is 1.58. The Morgan fingerprint density at radius 2 is 2.26 bits per heavy atom. The van der Waals surface area contributed by atoms with Gasteiger partial charge in [-0.15, -0.1) is 0 Å². The van der Waals surface area contributed by atoms with Crippen LogP contribution in [0.4, 0.5) is 10.1 Å². The molecule has 1 aromatic rings. The first-order valence-corrected chi connectivity index (χ1v) is 6.68. The molecule has 0 bridgehead atoms. The fourth-order valence-corrected chi connectivity index (χ4v) is 2.26. The Balaban J connectivity index is 1.88. The van der Waals surface area contributed by atoms with Gasteiger partial charge in [-0.2, -0.15) is 0 Å². The predicted molar refractivity (Wildman–Crippen MR) is 73.3 cm³/mol. The van der Waals surface area contributed by atoms with Crippen LogP contribution in [0.5, 0.6) is 0 Å². The first kappa shape index (κ1) is 14.0. The zero-order valence-corrected chi connectivity index (χ0v) is 10.9. The van der Waals surface area contributed by atoms with E-state index in [1.165, 1.54) is 18.6 Å². The van der Waals surface area contributed by atoms with Crippen molar-refractivity contribution in [2.75, 3.05) is 25.0 Å². The molecule has 3 N–H and O–H groups in total. The highest BCUT2D eigenvalue weighted by molar-refractivity contribution is 5.92. The van der Waals surface area contributed by atoms with Gasteiger partial charge in [0, 0.05) is 24.8 Å². The molecule has 0 spiro atoms. The van der Waals surface area contributed by atoms with E-state index in [9.17, 15) is 9.18 Å². The molecule has 2 rings (SSSR count). The minimum Gasteiger partial charge on any atom is -0.329 e. The third kappa shape index (κ3) is 4.01. The van der Waals surface area contributed by atoms with Crippen molar-refractivity contribution >= 4 is 11.6 Å². The van der Waals surface area contributed by atoms with Crippen LogP contribution in [0.1, 0.15) is 19.3 Å². The van der Waals surface area contributed by atoms with Gasteiger partial charge >= 0.3 is 0 Å². The SMILES string of the molecule is NCCN(CC(=O)Nc1cccc(F)c1)C1CCC1. The van der Waals surface area contributed by atoms with E-state index >= 15 is 0 Å². The second kappa shape index (κ2) is 6.63. The minimum atomic E-state index is -0.351. The number of carbonyl (C=O) groups excluding carboxylic acids is 1. The standard InChI is InChI=1S/C14H20FN3O/c15-11-3-1-4-12(9-11)17-14(19)10-18(8-7-16)13-5-2-6-13/h1,3-4,9,13H,2,5-8,10,16H2,(H,17,19). The number of halogens is 1. The number of rotatable bonds is 6. The van der Waals surface area contributed by atoms with E-state index in [0.717, 1.165) is 19.4 Å². The Morgan fingerprint density at radius 1 is 1.47 bits per heavy atom. The molecule has 1 aromatic carbocycles. The summed E-state index contributed by atoms with van der Waals surface area (Å²) in [6.45, 7) is 1.59. The number of amides is 1. The fraction of sp³-hybridized carbons (Fsp3) is 0.500. The van der Waals surface area contributed by atoms with Crippen molar-refractivity contribution in [3.05, 3.63) is 30.1 Å². The fourth-order valence-electron chi connectivity index (χ4n) is 2.26. The summed E-state index contributed by atoms with van der Waals surface area (Å²) in [4.78, 5) is 14.0. The van der Waals surface area contributed by atoms with Crippen LogP contribution in [0.3, 0.4) is 0 Å². The van der Waals surface area contributed by atoms with E-state index < -0.39 is 0 Å². The number of benzene rings is 1. The van der Waals surface area contributed by atoms with Crippen molar-refractivity contribution < 1.29 is 9.18 Å². The van der Waals surface area contributed by atoms with Gasteiger partial charge < -0.3 is 11.1 Å². The average molecular weight is 265 g/mol. The van der Waals surface area contributed by atoms with Crippen molar-refractivity contribution in [1.82, 2.24) is 4.90 Å². The molecule has 1 saturated carbocycles. The second-order valence-electron chi connectivity index (χ2n) is 4.90. The van der Waals surface area contributed by atoms with E-state index in [1.807, 2.05) is 0 Å². The summed E-state index contributed by atoms with van der Waals surface area (Å²) >= 11 is 0. The maximum Gasteiger partial charge on any atom is 0.238 e. The summed E-state index contributed by atoms with van der Waals surface area (Å²) in [5.74, 6) is -0.471. The molecular weight excluding hydrogens is 245 g/mol. The van der Waals surface area contributed by atoms with Crippen LogP contribution in [0.2, 0.25) is 0 Å². The number of hydrogen-bond acceptors (Lipinski definition) is 3. The van der Waals surface area contributed by atoms with Crippen molar-refractivity contribution in [3.8, 4) is 0 Å². The lowest BCUT2D eigenvalue weighted by molar-refractivity contribution is -0.118. The summed E-state index contributed by atoms with van der Waals surface area (Å²) in [5.41, 5.74) is 6.06. The van der Waals surface area contributed by atoms with Crippen LogP contribution < -0.4 is 11.1 Å². The molecule has 5 heteroatoms. The molecule has 0 radical (unpaired) electrons. The van der Waals surface area contributed by atoms with Crippen molar-refractivity contribution in [1.29, 1.82) is 0 Å². The van der Waals surface area contributed by atoms with E-state index in [1.54, 1.807) is 12.1 Å². The normalized spacial score (nSPS) is 15.3. The molecule has 1 fully saturated rings. The van der Waals surface area contributed by atoms with Crippen LogP contribution in [-0.4, -0.2) is 36.5 Å². The van der Waals surface area contributed by atoms with E-state index in [0.29, 0.717) is 24.8 Å². The van der Waals surface area contributed by atoms with Gasteiger partial charge in [-0.05, 0) is 31.0 Å². The molecule has 4 nitrogen and oxygen atoms in total. The second-order valence-corrected chi connectivity index (χ2v) is 4.90. The topological polar surface area (TPSA) is 58.4 Å². The Hall–Kier alpha value is -1.46. The van der Waals surface area contributed by atoms with Gasteiger partial charge in [0.25, 0.3) is 0 Å². The number of anilines is 1. The molecule has 0 atom stereocenters. The zero-order valence-electron chi connectivity index (χ0n) is 10.9. The summed E-state index contributed by atoms with van der Waals surface area (Å²) in [7, 11) is 0. The van der Waals surface area contributed by atoms with Gasteiger partial charge in [0.1, 0.15) is 5.82 Å². The summed E-state index contributed by atoms with van der Waals surface area (Å²) < 4.78 is 13.0. The smallest absolute Gasteiger partial charge is 0.238 e. The molecule has 19 heavy (non-hydrogen) atoms. The molecule has 1 aliphatic rings. The molecule has 0 unspecified atom stereocenters. The van der Waals surface area contributed by atoms with E-state index in [-0.39, 0.29) is 11.7 Å². The van der Waals surface area contributed by atoms with Crippen LogP contribution in [-0.2, 0) is 4.79 Å². The summed E-state index contributed by atoms with van der Waals surface area (Å²) in [5, 5.41) is 2.71. The van der Waals surface area contributed by atoms with Crippen molar-refractivity contribution in [3.63, 3.8) is 0 Å². The van der Waals surface area contributed by atoms with Gasteiger partial charge in [-0.1, -0.05) is 12.5 Å². The minimum absolute atomic E-state index is 0.119. The van der Waals surface area contributed by atoms with Gasteiger partial charge in [0.05, 0.1) is 6.54 Å². The van der Waals surface area contributed by atoms with Gasteiger partial charge in [-0.3, -0.25) is 9.69 Å². The van der Waals surface area contributed by atoms with Crippen LogP contribution >= 0.6 is 0 Å². The Morgan fingerprint density at radius 3 is 2.84 bits per heavy atom.